The van der Waals surface area contributed by atoms with Gasteiger partial charge in [0, 0.05) is 25.7 Å². The first-order valence-corrected chi connectivity index (χ1v) is 7.84. The standard InChI is InChI=1S/C15H30N2O/c1-16-15-8-4-2-3-7-14(15)11-17-9-5-6-13(10-17)12-18/h13-16,18H,2-12H2,1H3. The van der Waals surface area contributed by atoms with Crippen LogP contribution in [0.3, 0.4) is 0 Å². The van der Waals surface area contributed by atoms with Crippen molar-refractivity contribution in [3.63, 3.8) is 0 Å². The van der Waals surface area contributed by atoms with Gasteiger partial charge in [0.1, 0.15) is 0 Å². The van der Waals surface area contributed by atoms with Gasteiger partial charge in [-0.3, -0.25) is 0 Å². The third-order valence-electron chi connectivity index (χ3n) is 4.88. The van der Waals surface area contributed by atoms with E-state index in [4.69, 9.17) is 0 Å². The van der Waals surface area contributed by atoms with Gasteiger partial charge in [-0.25, -0.2) is 0 Å². The van der Waals surface area contributed by atoms with Crippen LogP contribution < -0.4 is 5.32 Å². The average molecular weight is 254 g/mol. The molecular formula is C15H30N2O. The maximum atomic E-state index is 9.32. The largest absolute Gasteiger partial charge is 0.396 e. The van der Waals surface area contributed by atoms with Crippen LogP contribution in [-0.2, 0) is 0 Å². The van der Waals surface area contributed by atoms with Crippen LogP contribution in [-0.4, -0.2) is 49.3 Å². The Morgan fingerprint density at radius 1 is 1.11 bits per heavy atom. The Kier molecular flexibility index (Phi) is 5.93. The van der Waals surface area contributed by atoms with Gasteiger partial charge in [0.15, 0.2) is 0 Å². The molecule has 0 spiro atoms. The third kappa shape index (κ3) is 3.94. The summed E-state index contributed by atoms with van der Waals surface area (Å²) in [6, 6.07) is 0.710. The highest BCUT2D eigenvalue weighted by Gasteiger charge is 2.27. The second kappa shape index (κ2) is 7.46. The topological polar surface area (TPSA) is 35.5 Å². The molecule has 2 N–H and O–H groups in total. The van der Waals surface area contributed by atoms with E-state index in [1.165, 1.54) is 58.0 Å². The van der Waals surface area contributed by atoms with E-state index in [1.54, 1.807) is 0 Å². The first-order chi connectivity index (χ1) is 8.83. The predicted molar refractivity (Wildman–Crippen MR) is 75.7 cm³/mol. The van der Waals surface area contributed by atoms with E-state index in [0.29, 0.717) is 18.6 Å². The summed E-state index contributed by atoms with van der Waals surface area (Å²) in [4.78, 5) is 2.60. The monoisotopic (exact) mass is 254 g/mol. The molecule has 2 fully saturated rings. The summed E-state index contributed by atoms with van der Waals surface area (Å²) in [6.45, 7) is 3.96. The van der Waals surface area contributed by atoms with Crippen molar-refractivity contribution in [1.29, 1.82) is 0 Å². The highest BCUT2D eigenvalue weighted by atomic mass is 16.3. The van der Waals surface area contributed by atoms with E-state index in [9.17, 15) is 5.11 Å². The Bertz CT molecular complexity index is 235. The number of hydrogen-bond donors (Lipinski definition) is 2. The van der Waals surface area contributed by atoms with Gasteiger partial charge in [0.25, 0.3) is 0 Å². The maximum Gasteiger partial charge on any atom is 0.0471 e. The predicted octanol–water partition coefficient (Wildman–Crippen LogP) is 1.86. The molecule has 2 aliphatic rings. The van der Waals surface area contributed by atoms with Crippen molar-refractivity contribution in [1.82, 2.24) is 10.2 Å². The van der Waals surface area contributed by atoms with Crippen LogP contribution in [0.2, 0.25) is 0 Å². The van der Waals surface area contributed by atoms with Gasteiger partial charge in [0.2, 0.25) is 0 Å². The smallest absolute Gasteiger partial charge is 0.0471 e. The lowest BCUT2D eigenvalue weighted by Gasteiger charge is -2.36. The average Bonchev–Trinajstić information content (AvgIpc) is 2.64. The Hall–Kier alpha value is -0.120. The van der Waals surface area contributed by atoms with Crippen molar-refractivity contribution >= 4 is 0 Å². The van der Waals surface area contributed by atoms with E-state index in [2.05, 4.69) is 17.3 Å². The molecule has 1 aliphatic carbocycles. The van der Waals surface area contributed by atoms with Gasteiger partial charge >= 0.3 is 0 Å². The highest BCUT2D eigenvalue weighted by Crippen LogP contribution is 2.26. The van der Waals surface area contributed by atoms with Crippen LogP contribution >= 0.6 is 0 Å². The molecule has 3 nitrogen and oxygen atoms in total. The molecule has 3 atom stereocenters. The molecule has 3 heteroatoms. The number of aliphatic hydroxyl groups excluding tert-OH is 1. The normalized spacial score (nSPS) is 35.3. The molecule has 0 aromatic rings. The zero-order valence-corrected chi connectivity index (χ0v) is 11.9. The Labute approximate surface area is 112 Å². The van der Waals surface area contributed by atoms with E-state index in [1.807, 2.05) is 0 Å². The Balaban J connectivity index is 1.85. The Morgan fingerprint density at radius 2 is 1.94 bits per heavy atom. The molecular weight excluding hydrogens is 224 g/mol. The maximum absolute atomic E-state index is 9.32. The van der Waals surface area contributed by atoms with Crippen LogP contribution in [0, 0.1) is 11.8 Å². The van der Waals surface area contributed by atoms with Crippen LogP contribution in [0.5, 0.6) is 0 Å². The van der Waals surface area contributed by atoms with Gasteiger partial charge in [-0.15, -0.1) is 0 Å². The molecule has 2 rings (SSSR count). The quantitative estimate of drug-likeness (QED) is 0.752. The highest BCUT2D eigenvalue weighted by molar-refractivity contribution is 4.83. The lowest BCUT2D eigenvalue weighted by molar-refractivity contribution is 0.0997. The summed E-state index contributed by atoms with van der Waals surface area (Å²) in [5.74, 6) is 1.34. The lowest BCUT2D eigenvalue weighted by atomic mass is 9.92. The number of nitrogens with one attached hydrogen (secondary N) is 1. The molecule has 1 saturated carbocycles. The van der Waals surface area contributed by atoms with Gasteiger partial charge in [-0.2, -0.15) is 0 Å². The second-order valence-electron chi connectivity index (χ2n) is 6.24. The molecule has 1 aliphatic heterocycles. The number of piperidine rings is 1. The summed E-state index contributed by atoms with van der Waals surface area (Å²) < 4.78 is 0. The molecule has 18 heavy (non-hydrogen) atoms. The van der Waals surface area contributed by atoms with Crippen molar-refractivity contribution in [2.45, 2.75) is 51.0 Å². The SMILES string of the molecule is CNC1CCCCCC1CN1CCCC(CO)C1. The minimum Gasteiger partial charge on any atom is -0.396 e. The summed E-state index contributed by atoms with van der Waals surface area (Å²) in [5, 5.41) is 12.9. The van der Waals surface area contributed by atoms with Gasteiger partial charge < -0.3 is 15.3 Å². The van der Waals surface area contributed by atoms with Crippen molar-refractivity contribution in [2.75, 3.05) is 33.3 Å². The van der Waals surface area contributed by atoms with Crippen LogP contribution in [0.25, 0.3) is 0 Å². The summed E-state index contributed by atoms with van der Waals surface area (Å²) in [7, 11) is 2.12. The van der Waals surface area contributed by atoms with Crippen LogP contribution in [0.4, 0.5) is 0 Å². The number of likely N-dealkylation sites (tertiary alicyclic amines) is 1. The number of nitrogens with zero attached hydrogens (tertiary/aromatic N) is 1. The van der Waals surface area contributed by atoms with E-state index >= 15 is 0 Å². The molecule has 3 unspecified atom stereocenters. The fourth-order valence-corrected chi connectivity index (χ4v) is 3.78. The first kappa shape index (κ1) is 14.3. The molecule has 0 amide bonds. The Morgan fingerprint density at radius 3 is 2.72 bits per heavy atom. The van der Waals surface area contributed by atoms with Crippen LogP contribution in [0.15, 0.2) is 0 Å². The number of rotatable bonds is 4. The first-order valence-electron chi connectivity index (χ1n) is 7.84. The lowest BCUT2D eigenvalue weighted by Crippen LogP contribution is -2.44. The summed E-state index contributed by atoms with van der Waals surface area (Å²) in [6.07, 6.45) is 9.41. The van der Waals surface area contributed by atoms with Crippen molar-refractivity contribution < 1.29 is 5.11 Å². The third-order valence-corrected chi connectivity index (χ3v) is 4.88. The van der Waals surface area contributed by atoms with E-state index in [-0.39, 0.29) is 0 Å². The molecule has 0 bridgehead atoms. The van der Waals surface area contributed by atoms with E-state index < -0.39 is 0 Å². The van der Waals surface area contributed by atoms with Gasteiger partial charge in [-0.1, -0.05) is 19.3 Å². The summed E-state index contributed by atoms with van der Waals surface area (Å²) in [5.41, 5.74) is 0. The molecule has 1 saturated heterocycles. The molecule has 0 aromatic heterocycles. The van der Waals surface area contributed by atoms with Crippen molar-refractivity contribution in [3.05, 3.63) is 0 Å². The van der Waals surface area contributed by atoms with Crippen LogP contribution in [0.1, 0.15) is 44.9 Å². The summed E-state index contributed by atoms with van der Waals surface area (Å²) >= 11 is 0. The number of hydrogen-bond acceptors (Lipinski definition) is 3. The van der Waals surface area contributed by atoms with Crippen molar-refractivity contribution in [3.8, 4) is 0 Å². The second-order valence-corrected chi connectivity index (χ2v) is 6.24. The molecule has 0 radical (unpaired) electrons. The molecule has 106 valence electrons. The molecule has 1 heterocycles. The zero-order chi connectivity index (χ0) is 12.8. The minimum absolute atomic E-state index is 0.372. The van der Waals surface area contributed by atoms with Gasteiger partial charge in [-0.05, 0) is 51.1 Å². The molecule has 0 aromatic carbocycles. The fourth-order valence-electron chi connectivity index (χ4n) is 3.78. The van der Waals surface area contributed by atoms with Crippen molar-refractivity contribution in [2.24, 2.45) is 11.8 Å². The van der Waals surface area contributed by atoms with E-state index in [0.717, 1.165) is 12.5 Å². The number of aliphatic hydroxyl groups is 1. The van der Waals surface area contributed by atoms with Gasteiger partial charge in [0.05, 0.1) is 0 Å². The minimum atomic E-state index is 0.372. The fraction of sp³-hybridized carbons (Fsp3) is 1.00. The zero-order valence-electron chi connectivity index (χ0n) is 11.9.